The maximum absolute atomic E-state index is 11.2. The summed E-state index contributed by atoms with van der Waals surface area (Å²) in [4.78, 5) is 21.2. The van der Waals surface area contributed by atoms with Gasteiger partial charge in [-0.2, -0.15) is 9.78 Å². The van der Waals surface area contributed by atoms with Crippen LogP contribution in [0.25, 0.3) is 10.9 Å². The number of hydrogen-bond donors (Lipinski definition) is 0. The lowest BCUT2D eigenvalue weighted by atomic mass is 10.2. The van der Waals surface area contributed by atoms with Crippen LogP contribution in [0.5, 0.6) is 0 Å². The largest absolute Gasteiger partial charge is 0.273 e. The second-order valence-corrected chi connectivity index (χ2v) is 3.54. The molecule has 16 heavy (non-hydrogen) atoms. The SMILES string of the molecule is CC(=O)n1nc(Cl)c2cc([N+](=O)[O-])ccc21. The molecule has 82 valence electrons. The second-order valence-electron chi connectivity index (χ2n) is 3.18. The highest BCUT2D eigenvalue weighted by Gasteiger charge is 2.15. The molecule has 0 amide bonds. The van der Waals surface area contributed by atoms with Crippen molar-refractivity contribution in [3.8, 4) is 0 Å². The maximum Gasteiger partial charge on any atom is 0.270 e. The van der Waals surface area contributed by atoms with E-state index in [0.29, 0.717) is 10.9 Å². The van der Waals surface area contributed by atoms with E-state index >= 15 is 0 Å². The number of fused-ring (bicyclic) bond motifs is 1. The van der Waals surface area contributed by atoms with E-state index in [1.165, 1.54) is 25.1 Å². The van der Waals surface area contributed by atoms with Crippen LogP contribution in [0.1, 0.15) is 11.7 Å². The molecule has 0 bridgehead atoms. The molecule has 0 atom stereocenters. The number of halogens is 1. The summed E-state index contributed by atoms with van der Waals surface area (Å²) in [6.45, 7) is 1.34. The van der Waals surface area contributed by atoms with Crippen LogP contribution >= 0.6 is 11.6 Å². The maximum atomic E-state index is 11.2. The van der Waals surface area contributed by atoms with Crippen molar-refractivity contribution in [1.29, 1.82) is 0 Å². The van der Waals surface area contributed by atoms with Gasteiger partial charge in [0.2, 0.25) is 5.91 Å². The third-order valence-electron chi connectivity index (χ3n) is 2.13. The van der Waals surface area contributed by atoms with Crippen LogP contribution in [-0.4, -0.2) is 20.6 Å². The minimum atomic E-state index is -0.527. The standard InChI is InChI=1S/C9H6ClN3O3/c1-5(14)12-8-3-2-6(13(15)16)4-7(8)9(10)11-12/h2-4H,1H3. The van der Waals surface area contributed by atoms with E-state index in [1.807, 2.05) is 0 Å². The number of carbonyl (C=O) groups excluding carboxylic acids is 1. The van der Waals surface area contributed by atoms with Crippen LogP contribution in [-0.2, 0) is 0 Å². The Bertz CT molecular complexity index is 605. The number of carbonyl (C=O) groups is 1. The van der Waals surface area contributed by atoms with Crippen LogP contribution in [0.15, 0.2) is 18.2 Å². The normalized spacial score (nSPS) is 10.6. The first-order chi connectivity index (χ1) is 7.50. The fourth-order valence-corrected chi connectivity index (χ4v) is 1.65. The van der Waals surface area contributed by atoms with Crippen molar-refractivity contribution in [1.82, 2.24) is 9.78 Å². The fourth-order valence-electron chi connectivity index (χ4n) is 1.42. The molecule has 7 heteroatoms. The fraction of sp³-hybridized carbons (Fsp3) is 0.111. The first-order valence-corrected chi connectivity index (χ1v) is 4.72. The smallest absolute Gasteiger partial charge is 0.270 e. The Morgan fingerprint density at radius 2 is 2.25 bits per heavy atom. The Balaban J connectivity index is 2.76. The Hall–Kier alpha value is -1.95. The summed E-state index contributed by atoms with van der Waals surface area (Å²) in [7, 11) is 0. The number of aromatic nitrogens is 2. The van der Waals surface area contributed by atoms with Gasteiger partial charge in [-0.15, -0.1) is 0 Å². The number of non-ortho nitro benzene ring substituents is 1. The summed E-state index contributed by atoms with van der Waals surface area (Å²) < 4.78 is 1.11. The monoisotopic (exact) mass is 239 g/mol. The van der Waals surface area contributed by atoms with E-state index in [2.05, 4.69) is 5.10 Å². The topological polar surface area (TPSA) is 78.0 Å². The second kappa shape index (κ2) is 3.57. The molecule has 0 aliphatic carbocycles. The summed E-state index contributed by atoms with van der Waals surface area (Å²) in [5.41, 5.74) is 0.376. The lowest BCUT2D eigenvalue weighted by Crippen LogP contribution is -2.06. The predicted octanol–water partition coefficient (Wildman–Crippen LogP) is 2.26. The quantitative estimate of drug-likeness (QED) is 0.565. The van der Waals surface area contributed by atoms with Gasteiger partial charge >= 0.3 is 0 Å². The Labute approximate surface area is 94.6 Å². The van der Waals surface area contributed by atoms with Crippen molar-refractivity contribution in [2.75, 3.05) is 0 Å². The lowest BCUT2D eigenvalue weighted by Gasteiger charge is -1.95. The minimum Gasteiger partial charge on any atom is -0.273 e. The Kier molecular flexibility index (Phi) is 2.35. The molecule has 0 aliphatic rings. The van der Waals surface area contributed by atoms with Gasteiger partial charge in [-0.25, -0.2) is 0 Å². The van der Waals surface area contributed by atoms with E-state index < -0.39 is 4.92 Å². The zero-order valence-corrected chi connectivity index (χ0v) is 8.93. The van der Waals surface area contributed by atoms with Gasteiger partial charge in [-0.3, -0.25) is 14.9 Å². The number of nitro groups is 1. The molecule has 0 unspecified atom stereocenters. The van der Waals surface area contributed by atoms with Crippen LogP contribution in [0, 0.1) is 10.1 Å². The first-order valence-electron chi connectivity index (χ1n) is 4.34. The molecule has 0 spiro atoms. The van der Waals surface area contributed by atoms with Crippen molar-refractivity contribution in [2.45, 2.75) is 6.92 Å². The number of benzene rings is 1. The van der Waals surface area contributed by atoms with Crippen molar-refractivity contribution in [2.24, 2.45) is 0 Å². The highest BCUT2D eigenvalue weighted by molar-refractivity contribution is 6.34. The van der Waals surface area contributed by atoms with Gasteiger partial charge in [0.05, 0.1) is 10.4 Å². The van der Waals surface area contributed by atoms with Gasteiger partial charge in [0.25, 0.3) is 5.69 Å². The molecule has 6 nitrogen and oxygen atoms in total. The van der Waals surface area contributed by atoms with Crippen LogP contribution in [0.4, 0.5) is 5.69 Å². The number of nitro benzene ring substituents is 1. The van der Waals surface area contributed by atoms with E-state index in [4.69, 9.17) is 11.6 Å². The highest BCUT2D eigenvalue weighted by atomic mass is 35.5. The molecular weight excluding hydrogens is 234 g/mol. The van der Waals surface area contributed by atoms with Gasteiger partial charge in [-0.05, 0) is 6.07 Å². The van der Waals surface area contributed by atoms with E-state index in [0.717, 1.165) is 4.68 Å². The van der Waals surface area contributed by atoms with Crippen molar-refractivity contribution in [3.05, 3.63) is 33.5 Å². The Morgan fingerprint density at radius 3 is 2.81 bits per heavy atom. The molecule has 0 radical (unpaired) electrons. The molecule has 0 saturated carbocycles. The number of nitrogens with zero attached hydrogens (tertiary/aromatic N) is 3. The molecular formula is C9H6ClN3O3. The summed E-state index contributed by atoms with van der Waals surface area (Å²) in [6, 6.07) is 4.05. The molecule has 2 aromatic rings. The summed E-state index contributed by atoms with van der Waals surface area (Å²) in [5, 5.41) is 14.8. The molecule has 0 N–H and O–H groups in total. The van der Waals surface area contributed by atoms with Gasteiger partial charge < -0.3 is 0 Å². The molecule has 2 rings (SSSR count). The van der Waals surface area contributed by atoms with Crippen molar-refractivity contribution < 1.29 is 9.72 Å². The van der Waals surface area contributed by atoms with Crippen LogP contribution in [0.2, 0.25) is 5.15 Å². The third-order valence-corrected chi connectivity index (χ3v) is 2.41. The predicted molar refractivity (Wildman–Crippen MR) is 57.7 cm³/mol. The molecule has 1 heterocycles. The first kappa shape index (κ1) is 10.6. The van der Waals surface area contributed by atoms with Crippen LogP contribution in [0.3, 0.4) is 0 Å². The minimum absolute atomic E-state index is 0.0777. The third kappa shape index (κ3) is 1.53. The number of hydrogen-bond acceptors (Lipinski definition) is 4. The summed E-state index contributed by atoms with van der Waals surface area (Å²) in [5.74, 6) is -0.300. The average Bonchev–Trinajstić information content (AvgIpc) is 2.56. The lowest BCUT2D eigenvalue weighted by molar-refractivity contribution is -0.384. The zero-order valence-electron chi connectivity index (χ0n) is 8.18. The molecule has 0 fully saturated rings. The van der Waals surface area contributed by atoms with Crippen molar-refractivity contribution >= 4 is 34.1 Å². The Morgan fingerprint density at radius 1 is 1.56 bits per heavy atom. The van der Waals surface area contributed by atoms with E-state index in [9.17, 15) is 14.9 Å². The molecule has 1 aromatic heterocycles. The molecule has 1 aromatic carbocycles. The molecule has 0 saturated heterocycles. The average molecular weight is 240 g/mol. The van der Waals surface area contributed by atoms with Gasteiger partial charge in [0, 0.05) is 24.4 Å². The van der Waals surface area contributed by atoms with E-state index in [1.54, 1.807) is 0 Å². The zero-order chi connectivity index (χ0) is 11.9. The van der Waals surface area contributed by atoms with Gasteiger partial charge in [0.1, 0.15) is 0 Å². The van der Waals surface area contributed by atoms with Gasteiger partial charge in [0.15, 0.2) is 5.15 Å². The summed E-state index contributed by atoms with van der Waals surface area (Å²) >= 11 is 5.79. The van der Waals surface area contributed by atoms with E-state index in [-0.39, 0.29) is 16.7 Å². The molecule has 0 aliphatic heterocycles. The van der Waals surface area contributed by atoms with Gasteiger partial charge in [-0.1, -0.05) is 11.6 Å². The summed E-state index contributed by atoms with van der Waals surface area (Å²) in [6.07, 6.45) is 0. The van der Waals surface area contributed by atoms with Crippen LogP contribution < -0.4 is 0 Å². The number of rotatable bonds is 1. The highest BCUT2D eigenvalue weighted by Crippen LogP contribution is 2.26. The van der Waals surface area contributed by atoms with Crippen molar-refractivity contribution in [3.63, 3.8) is 0 Å².